The minimum Gasteiger partial charge on any atom is -0.466 e. The normalized spacial score (nSPS) is 18.3. The highest BCUT2D eigenvalue weighted by molar-refractivity contribution is 5.80. The molecular formula is C14H16O3. The highest BCUT2D eigenvalue weighted by Gasteiger charge is 2.27. The first-order valence-corrected chi connectivity index (χ1v) is 6.01. The molecule has 2 rings (SSSR count). The van der Waals surface area contributed by atoms with Gasteiger partial charge in [0, 0.05) is 5.56 Å². The predicted molar refractivity (Wildman–Crippen MR) is 64.1 cm³/mol. The van der Waals surface area contributed by atoms with Gasteiger partial charge in [0.1, 0.15) is 6.29 Å². The summed E-state index contributed by atoms with van der Waals surface area (Å²) in [5, 5.41) is 0. The van der Waals surface area contributed by atoms with Crippen LogP contribution in [0.4, 0.5) is 0 Å². The van der Waals surface area contributed by atoms with E-state index in [0.717, 1.165) is 36.7 Å². The molecule has 0 saturated heterocycles. The molecule has 0 aliphatic heterocycles. The van der Waals surface area contributed by atoms with Crippen molar-refractivity contribution in [2.75, 3.05) is 6.61 Å². The summed E-state index contributed by atoms with van der Waals surface area (Å²) in [7, 11) is 0. The monoisotopic (exact) mass is 232 g/mol. The Kier molecular flexibility index (Phi) is 3.57. The second kappa shape index (κ2) is 5.13. The molecule has 0 bridgehead atoms. The summed E-state index contributed by atoms with van der Waals surface area (Å²) in [6.07, 6.45) is 3.59. The lowest BCUT2D eigenvalue weighted by Crippen LogP contribution is -2.21. The van der Waals surface area contributed by atoms with Crippen molar-refractivity contribution >= 4 is 12.3 Å². The number of carbonyl (C=O) groups excluding carboxylic acids is 2. The molecule has 3 nitrogen and oxygen atoms in total. The van der Waals surface area contributed by atoms with E-state index >= 15 is 0 Å². The van der Waals surface area contributed by atoms with Crippen LogP contribution in [0.1, 0.15) is 47.2 Å². The fraction of sp³-hybridized carbons (Fsp3) is 0.429. The Balaban J connectivity index is 2.31. The molecule has 1 atom stereocenters. The lowest BCUT2D eigenvalue weighted by molar-refractivity contribution is -0.145. The smallest absolute Gasteiger partial charge is 0.313 e. The van der Waals surface area contributed by atoms with Crippen LogP contribution in [0.25, 0.3) is 0 Å². The van der Waals surface area contributed by atoms with Gasteiger partial charge in [-0.05, 0) is 43.4 Å². The first-order valence-electron chi connectivity index (χ1n) is 6.01. The van der Waals surface area contributed by atoms with Crippen LogP contribution in [0, 0.1) is 0 Å². The fourth-order valence-corrected chi connectivity index (χ4v) is 2.40. The lowest BCUT2D eigenvalue weighted by atomic mass is 9.82. The number of hydrogen-bond donors (Lipinski definition) is 0. The van der Waals surface area contributed by atoms with Crippen molar-refractivity contribution in [2.24, 2.45) is 0 Å². The third-order valence-corrected chi connectivity index (χ3v) is 3.19. The zero-order valence-electron chi connectivity index (χ0n) is 9.94. The van der Waals surface area contributed by atoms with Crippen molar-refractivity contribution in [3.8, 4) is 0 Å². The maximum Gasteiger partial charge on any atom is 0.313 e. The van der Waals surface area contributed by atoms with Gasteiger partial charge in [0.05, 0.1) is 12.5 Å². The molecule has 17 heavy (non-hydrogen) atoms. The number of benzene rings is 1. The zero-order valence-corrected chi connectivity index (χ0v) is 9.94. The van der Waals surface area contributed by atoms with E-state index in [1.54, 1.807) is 6.07 Å². The molecule has 1 aliphatic carbocycles. The summed E-state index contributed by atoms with van der Waals surface area (Å²) in [6.45, 7) is 2.23. The number of carbonyl (C=O) groups is 2. The molecular weight excluding hydrogens is 216 g/mol. The minimum absolute atomic E-state index is 0.146. The van der Waals surface area contributed by atoms with E-state index < -0.39 is 0 Å². The van der Waals surface area contributed by atoms with E-state index in [9.17, 15) is 9.59 Å². The van der Waals surface area contributed by atoms with Crippen LogP contribution in [0.5, 0.6) is 0 Å². The molecule has 3 heteroatoms. The molecule has 1 aromatic carbocycles. The highest BCUT2D eigenvalue weighted by atomic mass is 16.5. The van der Waals surface area contributed by atoms with Gasteiger partial charge in [-0.1, -0.05) is 12.1 Å². The average Bonchev–Trinajstić information content (AvgIpc) is 2.37. The molecule has 0 fully saturated rings. The Bertz CT molecular complexity index is 437. The van der Waals surface area contributed by atoms with Crippen molar-refractivity contribution in [3.63, 3.8) is 0 Å². The van der Waals surface area contributed by atoms with Crippen molar-refractivity contribution in [1.29, 1.82) is 0 Å². The Hall–Kier alpha value is -1.64. The largest absolute Gasteiger partial charge is 0.466 e. The van der Waals surface area contributed by atoms with E-state index in [-0.39, 0.29) is 11.9 Å². The second-order valence-electron chi connectivity index (χ2n) is 4.27. The Morgan fingerprint density at radius 2 is 2.35 bits per heavy atom. The van der Waals surface area contributed by atoms with E-state index in [1.165, 1.54) is 0 Å². The molecule has 0 heterocycles. The summed E-state index contributed by atoms with van der Waals surface area (Å²) in [5.41, 5.74) is 2.81. The molecule has 1 aromatic rings. The summed E-state index contributed by atoms with van der Waals surface area (Å²) in [6, 6.07) is 5.54. The molecule has 1 aliphatic rings. The standard InChI is InChI=1S/C14H16O3/c1-2-17-14(16)13-5-3-4-11-8-10(9-15)6-7-12(11)13/h6-9,13H,2-5H2,1H3. The van der Waals surface area contributed by atoms with Crippen LogP contribution >= 0.6 is 0 Å². The SMILES string of the molecule is CCOC(=O)C1CCCc2cc(C=O)ccc21. The number of hydrogen-bond acceptors (Lipinski definition) is 3. The van der Waals surface area contributed by atoms with E-state index in [2.05, 4.69) is 0 Å². The Labute approximate surface area is 101 Å². The van der Waals surface area contributed by atoms with Crippen molar-refractivity contribution in [2.45, 2.75) is 32.1 Å². The van der Waals surface area contributed by atoms with Crippen molar-refractivity contribution < 1.29 is 14.3 Å². The quantitative estimate of drug-likeness (QED) is 0.594. The van der Waals surface area contributed by atoms with Crippen molar-refractivity contribution in [1.82, 2.24) is 0 Å². The van der Waals surface area contributed by atoms with Crippen LogP contribution in [0.2, 0.25) is 0 Å². The number of ether oxygens (including phenoxy) is 1. The van der Waals surface area contributed by atoms with Crippen LogP contribution in [-0.2, 0) is 16.0 Å². The van der Waals surface area contributed by atoms with E-state index in [1.807, 2.05) is 19.1 Å². The van der Waals surface area contributed by atoms with Gasteiger partial charge in [0.2, 0.25) is 0 Å². The van der Waals surface area contributed by atoms with Crippen LogP contribution in [0.3, 0.4) is 0 Å². The first kappa shape index (κ1) is 11.8. The molecule has 90 valence electrons. The van der Waals surface area contributed by atoms with E-state index in [0.29, 0.717) is 12.2 Å². The van der Waals surface area contributed by atoms with Crippen LogP contribution in [-0.4, -0.2) is 18.9 Å². The maximum atomic E-state index is 11.8. The number of fused-ring (bicyclic) bond motifs is 1. The summed E-state index contributed by atoms with van der Waals surface area (Å²) in [4.78, 5) is 22.5. The van der Waals surface area contributed by atoms with Crippen LogP contribution < -0.4 is 0 Å². The Morgan fingerprint density at radius 1 is 1.53 bits per heavy atom. The number of aldehydes is 1. The average molecular weight is 232 g/mol. The molecule has 0 amide bonds. The number of aryl methyl sites for hydroxylation is 1. The van der Waals surface area contributed by atoms with Crippen molar-refractivity contribution in [3.05, 3.63) is 34.9 Å². The van der Waals surface area contributed by atoms with Gasteiger partial charge in [0.25, 0.3) is 0 Å². The van der Waals surface area contributed by atoms with Gasteiger partial charge >= 0.3 is 5.97 Å². The third kappa shape index (κ3) is 2.38. The number of esters is 1. The maximum absolute atomic E-state index is 11.8. The van der Waals surface area contributed by atoms with Gasteiger partial charge < -0.3 is 4.74 Å². The highest BCUT2D eigenvalue weighted by Crippen LogP contribution is 2.32. The summed E-state index contributed by atoms with van der Waals surface area (Å²) >= 11 is 0. The summed E-state index contributed by atoms with van der Waals surface area (Å²) in [5.74, 6) is -0.299. The minimum atomic E-state index is -0.153. The van der Waals surface area contributed by atoms with Gasteiger partial charge in [-0.25, -0.2) is 0 Å². The van der Waals surface area contributed by atoms with E-state index in [4.69, 9.17) is 4.74 Å². The molecule has 0 aromatic heterocycles. The van der Waals surface area contributed by atoms with Gasteiger partial charge in [-0.15, -0.1) is 0 Å². The van der Waals surface area contributed by atoms with Gasteiger partial charge in [0.15, 0.2) is 0 Å². The summed E-state index contributed by atoms with van der Waals surface area (Å²) < 4.78 is 5.09. The topological polar surface area (TPSA) is 43.4 Å². The number of rotatable bonds is 3. The predicted octanol–water partition coefficient (Wildman–Crippen LogP) is 2.48. The third-order valence-electron chi connectivity index (χ3n) is 3.19. The molecule has 1 unspecified atom stereocenters. The van der Waals surface area contributed by atoms with Crippen LogP contribution in [0.15, 0.2) is 18.2 Å². The second-order valence-corrected chi connectivity index (χ2v) is 4.27. The molecule has 0 N–H and O–H groups in total. The molecule has 0 saturated carbocycles. The lowest BCUT2D eigenvalue weighted by Gasteiger charge is -2.24. The molecule has 0 radical (unpaired) electrons. The Morgan fingerprint density at radius 3 is 3.06 bits per heavy atom. The fourth-order valence-electron chi connectivity index (χ4n) is 2.40. The molecule has 0 spiro atoms. The zero-order chi connectivity index (χ0) is 12.3. The van der Waals surface area contributed by atoms with Gasteiger partial charge in [-0.3, -0.25) is 9.59 Å². The van der Waals surface area contributed by atoms with Gasteiger partial charge in [-0.2, -0.15) is 0 Å². The first-order chi connectivity index (χ1) is 8.26.